The highest BCUT2D eigenvalue weighted by Gasteiger charge is 2.36. The number of carbonyl (C=O) groups excluding carboxylic acids is 1. The molecule has 0 spiro atoms. The normalized spacial score (nSPS) is 10.4. The lowest BCUT2D eigenvalue weighted by Gasteiger charge is -1.99. The number of hydrogen-bond acceptors (Lipinski definition) is 1. The minimum Gasteiger partial charge on any atom is -0.288 e. The summed E-state index contributed by atoms with van der Waals surface area (Å²) in [7, 11) is 0. The zero-order valence-electron chi connectivity index (χ0n) is 4.33. The summed E-state index contributed by atoms with van der Waals surface area (Å²) >= 11 is 0. The number of halogens is 3. The Morgan fingerprint density at radius 1 is 1.56 bits per heavy atom. The zero-order valence-corrected chi connectivity index (χ0v) is 4.33. The molecule has 0 rings (SSSR count). The van der Waals surface area contributed by atoms with E-state index in [0.29, 0.717) is 0 Å². The van der Waals surface area contributed by atoms with Crippen LogP contribution in [0.5, 0.6) is 0 Å². The van der Waals surface area contributed by atoms with Crippen LogP contribution >= 0.6 is 0 Å². The van der Waals surface area contributed by atoms with Crippen molar-refractivity contribution in [3.05, 3.63) is 0 Å². The SMILES string of the molecule is C#CCC(=O)C(F)(F)F. The minimum absolute atomic E-state index is 0.872. The number of rotatable bonds is 1. The van der Waals surface area contributed by atoms with Gasteiger partial charge in [-0.05, 0) is 0 Å². The Labute approximate surface area is 49.9 Å². The Kier molecular flexibility index (Phi) is 2.26. The van der Waals surface area contributed by atoms with Gasteiger partial charge < -0.3 is 0 Å². The fraction of sp³-hybridized carbons (Fsp3) is 0.400. The summed E-state index contributed by atoms with van der Waals surface area (Å²) in [5, 5.41) is 0. The summed E-state index contributed by atoms with van der Waals surface area (Å²) in [5.74, 6) is -0.266. The summed E-state index contributed by atoms with van der Waals surface area (Å²) in [6.45, 7) is 0. The maximum atomic E-state index is 11.2. The molecule has 0 atom stereocenters. The average molecular weight is 136 g/mol. The van der Waals surface area contributed by atoms with Crippen LogP contribution in [0.15, 0.2) is 0 Å². The molecule has 0 radical (unpaired) electrons. The monoisotopic (exact) mass is 136 g/mol. The van der Waals surface area contributed by atoms with Crippen molar-refractivity contribution >= 4 is 5.78 Å². The van der Waals surface area contributed by atoms with Crippen molar-refractivity contribution in [2.45, 2.75) is 12.6 Å². The van der Waals surface area contributed by atoms with Gasteiger partial charge >= 0.3 is 6.18 Å². The zero-order chi connectivity index (χ0) is 7.49. The van der Waals surface area contributed by atoms with Gasteiger partial charge in [-0.1, -0.05) is 5.92 Å². The molecule has 0 amide bonds. The van der Waals surface area contributed by atoms with Gasteiger partial charge in [0.2, 0.25) is 5.78 Å². The van der Waals surface area contributed by atoms with E-state index in [9.17, 15) is 18.0 Å². The highest BCUT2D eigenvalue weighted by atomic mass is 19.4. The number of carbonyl (C=O) groups is 1. The van der Waals surface area contributed by atoms with Gasteiger partial charge in [0, 0.05) is 0 Å². The van der Waals surface area contributed by atoms with Crippen LogP contribution in [0.2, 0.25) is 0 Å². The smallest absolute Gasteiger partial charge is 0.288 e. The fourth-order valence-electron chi connectivity index (χ4n) is 0.193. The molecule has 1 nitrogen and oxygen atoms in total. The predicted octanol–water partition coefficient (Wildman–Crippen LogP) is 1.14. The molecule has 0 aliphatic rings. The summed E-state index contributed by atoms with van der Waals surface area (Å²) in [6.07, 6.45) is -1.19. The van der Waals surface area contributed by atoms with E-state index >= 15 is 0 Å². The lowest BCUT2D eigenvalue weighted by Crippen LogP contribution is -2.21. The minimum atomic E-state index is -4.77. The highest BCUT2D eigenvalue weighted by molar-refractivity contribution is 5.85. The van der Waals surface area contributed by atoms with Crippen molar-refractivity contribution < 1.29 is 18.0 Å². The van der Waals surface area contributed by atoms with Crippen LogP contribution < -0.4 is 0 Å². The van der Waals surface area contributed by atoms with E-state index in [2.05, 4.69) is 6.42 Å². The molecule has 0 N–H and O–H groups in total. The Bertz CT molecular complexity index is 151. The van der Waals surface area contributed by atoms with Crippen molar-refractivity contribution in [1.29, 1.82) is 0 Å². The van der Waals surface area contributed by atoms with Gasteiger partial charge in [-0.2, -0.15) is 13.2 Å². The molecule has 0 saturated carbocycles. The number of terminal acetylenes is 1. The van der Waals surface area contributed by atoms with Crippen LogP contribution in [-0.2, 0) is 4.79 Å². The quantitative estimate of drug-likeness (QED) is 0.494. The standard InChI is InChI=1S/C5H3F3O/c1-2-3-4(9)5(6,7)8/h1H,3H2. The number of ketones is 1. The number of Topliss-reactive ketones (excluding diaryl/α,β-unsaturated/α-hetero) is 1. The highest BCUT2D eigenvalue weighted by Crippen LogP contribution is 2.16. The van der Waals surface area contributed by atoms with E-state index in [-0.39, 0.29) is 0 Å². The second-order valence-corrected chi connectivity index (χ2v) is 1.30. The summed E-state index contributed by atoms with van der Waals surface area (Å²) in [4.78, 5) is 9.80. The lowest BCUT2D eigenvalue weighted by atomic mass is 10.3. The van der Waals surface area contributed by atoms with Crippen molar-refractivity contribution in [3.8, 4) is 12.3 Å². The van der Waals surface area contributed by atoms with E-state index in [1.54, 1.807) is 5.92 Å². The second-order valence-electron chi connectivity index (χ2n) is 1.30. The maximum absolute atomic E-state index is 11.2. The molecule has 0 aliphatic carbocycles. The molecular formula is C5H3F3O. The number of alkyl halides is 3. The molecule has 0 bridgehead atoms. The molecule has 0 aliphatic heterocycles. The molecule has 0 saturated heterocycles. The van der Waals surface area contributed by atoms with Crippen LogP contribution in [0.3, 0.4) is 0 Å². The number of hydrogen-bond donors (Lipinski definition) is 0. The van der Waals surface area contributed by atoms with E-state index in [0.717, 1.165) is 0 Å². The van der Waals surface area contributed by atoms with Crippen LogP contribution in [-0.4, -0.2) is 12.0 Å². The Hall–Kier alpha value is -0.980. The van der Waals surface area contributed by atoms with Crippen LogP contribution in [0.25, 0.3) is 0 Å². The van der Waals surface area contributed by atoms with E-state index in [4.69, 9.17) is 0 Å². The third-order valence-corrected chi connectivity index (χ3v) is 0.579. The van der Waals surface area contributed by atoms with Gasteiger partial charge in [0.05, 0.1) is 6.42 Å². The molecule has 50 valence electrons. The molecule has 4 heteroatoms. The lowest BCUT2D eigenvalue weighted by molar-refractivity contribution is -0.169. The van der Waals surface area contributed by atoms with Gasteiger partial charge in [-0.25, -0.2) is 0 Å². The fourth-order valence-corrected chi connectivity index (χ4v) is 0.193. The van der Waals surface area contributed by atoms with Gasteiger partial charge in [0.15, 0.2) is 0 Å². The Balaban J connectivity index is 3.93. The van der Waals surface area contributed by atoms with Gasteiger partial charge in [-0.15, -0.1) is 6.42 Å². The van der Waals surface area contributed by atoms with Gasteiger partial charge in [0.25, 0.3) is 0 Å². The summed E-state index contributed by atoms with van der Waals surface area (Å²) in [5.41, 5.74) is 0. The molecule has 0 unspecified atom stereocenters. The first-order chi connectivity index (χ1) is 3.98. The summed E-state index contributed by atoms with van der Waals surface area (Å²) in [6, 6.07) is 0. The van der Waals surface area contributed by atoms with Crippen LogP contribution in [0, 0.1) is 12.3 Å². The van der Waals surface area contributed by atoms with Crippen LogP contribution in [0.4, 0.5) is 13.2 Å². The van der Waals surface area contributed by atoms with Crippen LogP contribution in [0.1, 0.15) is 6.42 Å². The van der Waals surface area contributed by atoms with E-state index in [1.807, 2.05) is 0 Å². The third kappa shape index (κ3) is 2.75. The largest absolute Gasteiger partial charge is 0.451 e. The Morgan fingerprint density at radius 3 is 2.11 bits per heavy atom. The average Bonchev–Trinajstić information content (AvgIpc) is 1.64. The summed E-state index contributed by atoms with van der Waals surface area (Å²) < 4.78 is 33.6. The first kappa shape index (κ1) is 8.02. The first-order valence-electron chi connectivity index (χ1n) is 2.02. The topological polar surface area (TPSA) is 17.1 Å². The molecule has 0 fully saturated rings. The molecule has 0 aromatic carbocycles. The van der Waals surface area contributed by atoms with Crippen molar-refractivity contribution in [2.75, 3.05) is 0 Å². The van der Waals surface area contributed by atoms with Crippen molar-refractivity contribution in [2.24, 2.45) is 0 Å². The van der Waals surface area contributed by atoms with Gasteiger partial charge in [-0.3, -0.25) is 4.79 Å². The second kappa shape index (κ2) is 2.53. The molecule has 0 heterocycles. The molecule has 9 heavy (non-hydrogen) atoms. The molecular weight excluding hydrogens is 133 g/mol. The molecule has 0 aromatic heterocycles. The Morgan fingerprint density at radius 2 is 2.00 bits per heavy atom. The molecule has 0 aromatic rings. The van der Waals surface area contributed by atoms with E-state index < -0.39 is 18.4 Å². The van der Waals surface area contributed by atoms with Gasteiger partial charge in [0.1, 0.15) is 0 Å². The maximum Gasteiger partial charge on any atom is 0.451 e. The van der Waals surface area contributed by atoms with Crippen molar-refractivity contribution in [1.82, 2.24) is 0 Å². The third-order valence-electron chi connectivity index (χ3n) is 0.579. The predicted molar refractivity (Wildman–Crippen MR) is 24.5 cm³/mol. The van der Waals surface area contributed by atoms with E-state index in [1.165, 1.54) is 0 Å². The van der Waals surface area contributed by atoms with Crippen molar-refractivity contribution in [3.63, 3.8) is 0 Å². The first-order valence-corrected chi connectivity index (χ1v) is 2.02.